The lowest BCUT2D eigenvalue weighted by atomic mass is 9.99. The molecule has 4 N–H and O–H groups in total. The first-order chi connectivity index (χ1) is 16.3. The van der Waals surface area contributed by atoms with Crippen molar-refractivity contribution in [2.24, 2.45) is 0 Å². The summed E-state index contributed by atoms with van der Waals surface area (Å²) in [4.78, 5) is 20.5. The molecule has 11 heteroatoms. The summed E-state index contributed by atoms with van der Waals surface area (Å²) < 4.78 is 11.7. The Labute approximate surface area is 205 Å². The van der Waals surface area contributed by atoms with Crippen LogP contribution in [0.4, 0.5) is 16.9 Å². The SMILES string of the molecule is COC(C)c1c(Cl)nc(N)nc1N1CCOc2c(C)cc(-c3cnc4sc(N)nc4c3)cc2C1. The lowest BCUT2D eigenvalue weighted by molar-refractivity contribution is 0.119. The van der Waals surface area contributed by atoms with Gasteiger partial charge in [-0.3, -0.25) is 0 Å². The summed E-state index contributed by atoms with van der Waals surface area (Å²) in [5.74, 6) is 1.63. The molecule has 1 atom stereocenters. The van der Waals surface area contributed by atoms with E-state index in [4.69, 9.17) is 32.5 Å². The van der Waals surface area contributed by atoms with Crippen molar-refractivity contribution in [3.8, 4) is 16.9 Å². The van der Waals surface area contributed by atoms with E-state index in [0.717, 1.165) is 38.4 Å². The summed E-state index contributed by atoms with van der Waals surface area (Å²) in [6, 6.07) is 6.23. The fraction of sp³-hybridized carbons (Fsp3) is 0.304. The second-order valence-corrected chi connectivity index (χ2v) is 9.51. The van der Waals surface area contributed by atoms with Gasteiger partial charge in [-0.25, -0.2) is 15.0 Å². The van der Waals surface area contributed by atoms with Crippen molar-refractivity contribution in [3.63, 3.8) is 0 Å². The fourth-order valence-electron chi connectivity index (χ4n) is 4.21. The highest BCUT2D eigenvalue weighted by Crippen LogP contribution is 2.38. The van der Waals surface area contributed by atoms with Gasteiger partial charge in [-0.2, -0.15) is 4.98 Å². The first-order valence-corrected chi connectivity index (χ1v) is 11.9. The molecule has 0 saturated heterocycles. The normalized spacial score (nSPS) is 14.5. The number of hydrogen-bond acceptors (Lipinski definition) is 10. The number of ether oxygens (including phenoxy) is 2. The van der Waals surface area contributed by atoms with Gasteiger partial charge in [-0.1, -0.05) is 22.9 Å². The molecule has 0 saturated carbocycles. The Bertz CT molecular complexity index is 1390. The number of thiazole rings is 1. The number of aromatic nitrogens is 4. The summed E-state index contributed by atoms with van der Waals surface area (Å²) in [6.45, 7) is 5.60. The van der Waals surface area contributed by atoms with Crippen LogP contribution in [0.1, 0.15) is 29.7 Å². The number of rotatable bonds is 4. The molecule has 0 spiro atoms. The van der Waals surface area contributed by atoms with Gasteiger partial charge in [0.2, 0.25) is 5.95 Å². The van der Waals surface area contributed by atoms with Crippen LogP contribution >= 0.6 is 22.9 Å². The topological polar surface area (TPSA) is 125 Å². The number of nitrogen functional groups attached to an aromatic ring is 2. The first kappa shape index (κ1) is 22.6. The quantitative estimate of drug-likeness (QED) is 0.395. The zero-order chi connectivity index (χ0) is 24.0. The lowest BCUT2D eigenvalue weighted by Crippen LogP contribution is -2.28. The van der Waals surface area contributed by atoms with Gasteiger partial charge in [0, 0.05) is 31.0 Å². The molecule has 0 radical (unpaired) electrons. The zero-order valence-corrected chi connectivity index (χ0v) is 20.6. The number of pyridine rings is 1. The monoisotopic (exact) mass is 497 g/mol. The van der Waals surface area contributed by atoms with Gasteiger partial charge in [0.1, 0.15) is 33.7 Å². The maximum Gasteiger partial charge on any atom is 0.223 e. The number of halogens is 1. The van der Waals surface area contributed by atoms with Crippen LogP contribution in [0.25, 0.3) is 21.5 Å². The van der Waals surface area contributed by atoms with E-state index in [2.05, 4.69) is 37.0 Å². The molecule has 3 aromatic heterocycles. The minimum atomic E-state index is -0.303. The van der Waals surface area contributed by atoms with E-state index in [-0.39, 0.29) is 17.2 Å². The Morgan fingerprint density at radius 2 is 2.00 bits per heavy atom. The van der Waals surface area contributed by atoms with Crippen LogP contribution in [0.2, 0.25) is 5.15 Å². The van der Waals surface area contributed by atoms with Crippen molar-refractivity contribution in [1.29, 1.82) is 0 Å². The Morgan fingerprint density at radius 3 is 2.79 bits per heavy atom. The fourth-order valence-corrected chi connectivity index (χ4v) is 5.20. The Balaban J connectivity index is 1.57. The van der Waals surface area contributed by atoms with Crippen LogP contribution in [0.3, 0.4) is 0 Å². The summed E-state index contributed by atoms with van der Waals surface area (Å²) in [5.41, 5.74) is 17.3. The van der Waals surface area contributed by atoms with E-state index in [1.165, 1.54) is 11.3 Å². The number of hydrogen-bond donors (Lipinski definition) is 2. The molecule has 5 rings (SSSR count). The predicted octanol–water partition coefficient (Wildman–Crippen LogP) is 4.38. The molecule has 176 valence electrons. The molecule has 34 heavy (non-hydrogen) atoms. The van der Waals surface area contributed by atoms with Crippen molar-refractivity contribution in [2.75, 3.05) is 36.6 Å². The van der Waals surface area contributed by atoms with Crippen molar-refractivity contribution < 1.29 is 9.47 Å². The molecule has 0 aliphatic carbocycles. The Kier molecular flexibility index (Phi) is 5.88. The van der Waals surface area contributed by atoms with Crippen LogP contribution in [0.15, 0.2) is 24.4 Å². The maximum absolute atomic E-state index is 6.46. The average Bonchev–Trinajstić information content (AvgIpc) is 3.03. The minimum Gasteiger partial charge on any atom is -0.491 e. The van der Waals surface area contributed by atoms with Crippen molar-refractivity contribution in [1.82, 2.24) is 19.9 Å². The second-order valence-electron chi connectivity index (χ2n) is 8.14. The molecule has 0 bridgehead atoms. The number of benzene rings is 1. The highest BCUT2D eigenvalue weighted by molar-refractivity contribution is 7.21. The molecule has 1 aromatic carbocycles. The van der Waals surface area contributed by atoms with Crippen LogP contribution in [-0.2, 0) is 11.3 Å². The van der Waals surface area contributed by atoms with Crippen LogP contribution in [-0.4, -0.2) is 40.2 Å². The van der Waals surface area contributed by atoms with E-state index >= 15 is 0 Å². The summed E-state index contributed by atoms with van der Waals surface area (Å²) in [5, 5.41) is 0.791. The second kappa shape index (κ2) is 8.86. The van der Waals surface area contributed by atoms with Crippen LogP contribution < -0.4 is 21.1 Å². The lowest BCUT2D eigenvalue weighted by Gasteiger charge is -2.26. The predicted molar refractivity (Wildman–Crippen MR) is 135 cm³/mol. The molecule has 0 amide bonds. The van der Waals surface area contributed by atoms with Crippen molar-refractivity contribution in [2.45, 2.75) is 26.5 Å². The molecule has 9 nitrogen and oxygen atoms in total. The summed E-state index contributed by atoms with van der Waals surface area (Å²) in [7, 11) is 1.62. The van der Waals surface area contributed by atoms with Crippen LogP contribution in [0, 0.1) is 6.92 Å². The number of nitrogens with two attached hydrogens (primary N) is 2. The van der Waals surface area contributed by atoms with Gasteiger partial charge in [0.05, 0.1) is 18.2 Å². The molecule has 1 unspecified atom stereocenters. The highest BCUT2D eigenvalue weighted by Gasteiger charge is 2.26. The molecule has 0 fully saturated rings. The number of aryl methyl sites for hydroxylation is 1. The third kappa shape index (κ3) is 4.08. The highest BCUT2D eigenvalue weighted by atomic mass is 35.5. The van der Waals surface area contributed by atoms with Gasteiger partial charge in [0.15, 0.2) is 5.13 Å². The first-order valence-electron chi connectivity index (χ1n) is 10.7. The van der Waals surface area contributed by atoms with Gasteiger partial charge in [-0.15, -0.1) is 0 Å². The van der Waals surface area contributed by atoms with Gasteiger partial charge >= 0.3 is 0 Å². The molecule has 1 aliphatic heterocycles. The molecular formula is C23H24ClN7O2S. The molecule has 1 aliphatic rings. The number of anilines is 3. The van der Waals surface area contributed by atoms with E-state index in [9.17, 15) is 0 Å². The van der Waals surface area contributed by atoms with E-state index in [1.54, 1.807) is 7.11 Å². The maximum atomic E-state index is 6.46. The van der Waals surface area contributed by atoms with Gasteiger partial charge in [-0.05, 0) is 43.2 Å². The zero-order valence-electron chi connectivity index (χ0n) is 19.0. The molecule has 4 heterocycles. The third-order valence-electron chi connectivity index (χ3n) is 5.87. The standard InChI is InChI=1S/C23H24ClN7O2S/c1-11-6-13(14-8-16-21(27-9-14)34-23(26)28-16)7-15-10-31(4-5-33-18(11)15)20-17(12(2)32-3)19(24)29-22(25)30-20/h6-9,12H,4-5,10H2,1-3H3,(H2,26,28)(H2,25,29,30). The average molecular weight is 498 g/mol. The summed E-state index contributed by atoms with van der Waals surface area (Å²) >= 11 is 7.83. The van der Waals surface area contributed by atoms with Crippen LogP contribution in [0.5, 0.6) is 5.75 Å². The van der Waals surface area contributed by atoms with Gasteiger partial charge in [0.25, 0.3) is 0 Å². The molecular weight excluding hydrogens is 474 g/mol. The van der Waals surface area contributed by atoms with Gasteiger partial charge < -0.3 is 25.8 Å². The van der Waals surface area contributed by atoms with E-state index in [0.29, 0.717) is 36.2 Å². The largest absolute Gasteiger partial charge is 0.491 e. The Hall–Kier alpha value is -3.21. The molecule has 4 aromatic rings. The van der Waals surface area contributed by atoms with E-state index in [1.807, 2.05) is 26.1 Å². The van der Waals surface area contributed by atoms with Crippen molar-refractivity contribution >= 4 is 50.2 Å². The minimum absolute atomic E-state index is 0.115. The number of fused-ring (bicyclic) bond motifs is 2. The Morgan fingerprint density at radius 1 is 1.18 bits per heavy atom. The van der Waals surface area contributed by atoms with Crippen molar-refractivity contribution in [3.05, 3.63) is 46.2 Å². The smallest absolute Gasteiger partial charge is 0.223 e. The number of methoxy groups -OCH3 is 1. The third-order valence-corrected chi connectivity index (χ3v) is 6.97. The number of nitrogens with zero attached hydrogens (tertiary/aromatic N) is 5. The van der Waals surface area contributed by atoms with E-state index < -0.39 is 0 Å². The summed E-state index contributed by atoms with van der Waals surface area (Å²) in [6.07, 6.45) is 1.54.